The standard InChI is InChI=1S/C16H23N7O/c1-21-8-6-13(7-9-21)23(3)16(24)18-15-5-4-14(19-20-15)12-10-17-22(2)11-12/h4-5,10-11,13H,6-9H2,1-3H3,(H,18,20,24). The van der Waals surface area contributed by atoms with Crippen LogP contribution in [-0.2, 0) is 7.05 Å². The second-order valence-electron chi connectivity index (χ2n) is 6.28. The quantitative estimate of drug-likeness (QED) is 0.922. The van der Waals surface area contributed by atoms with Crippen LogP contribution in [0.15, 0.2) is 24.5 Å². The Bertz CT molecular complexity index is 689. The van der Waals surface area contributed by atoms with E-state index in [1.54, 1.807) is 21.8 Å². The van der Waals surface area contributed by atoms with Crippen molar-refractivity contribution in [3.63, 3.8) is 0 Å². The molecular formula is C16H23N7O. The molecule has 1 aliphatic rings. The normalized spacial score (nSPS) is 16.1. The molecule has 1 aliphatic heterocycles. The van der Waals surface area contributed by atoms with E-state index < -0.39 is 0 Å². The molecule has 3 heterocycles. The maximum absolute atomic E-state index is 12.4. The average Bonchev–Trinajstić information content (AvgIpc) is 3.02. The zero-order valence-corrected chi connectivity index (χ0v) is 14.3. The molecule has 0 atom stereocenters. The van der Waals surface area contributed by atoms with Gasteiger partial charge in [0.05, 0.1) is 11.9 Å². The molecule has 2 aromatic rings. The third kappa shape index (κ3) is 3.70. The second-order valence-corrected chi connectivity index (χ2v) is 6.28. The monoisotopic (exact) mass is 329 g/mol. The Morgan fingerprint density at radius 3 is 2.58 bits per heavy atom. The van der Waals surface area contributed by atoms with Crippen molar-refractivity contribution in [2.24, 2.45) is 7.05 Å². The number of anilines is 1. The first-order chi connectivity index (χ1) is 11.5. The largest absolute Gasteiger partial charge is 0.324 e. The molecule has 0 radical (unpaired) electrons. The molecule has 24 heavy (non-hydrogen) atoms. The maximum atomic E-state index is 12.4. The maximum Gasteiger partial charge on any atom is 0.323 e. The van der Waals surface area contributed by atoms with Crippen LogP contribution in [0.1, 0.15) is 12.8 Å². The average molecular weight is 329 g/mol. The molecule has 0 aromatic carbocycles. The molecule has 128 valence electrons. The van der Waals surface area contributed by atoms with Gasteiger partial charge in [0.15, 0.2) is 5.82 Å². The van der Waals surface area contributed by atoms with E-state index in [2.05, 4.69) is 32.6 Å². The number of piperidine rings is 1. The molecule has 0 spiro atoms. The van der Waals surface area contributed by atoms with E-state index in [9.17, 15) is 4.79 Å². The lowest BCUT2D eigenvalue weighted by molar-refractivity contribution is 0.156. The van der Waals surface area contributed by atoms with Gasteiger partial charge in [-0.15, -0.1) is 10.2 Å². The van der Waals surface area contributed by atoms with Gasteiger partial charge in [0.25, 0.3) is 0 Å². The van der Waals surface area contributed by atoms with Crippen LogP contribution >= 0.6 is 0 Å². The van der Waals surface area contributed by atoms with Crippen molar-refractivity contribution in [3.05, 3.63) is 24.5 Å². The number of carbonyl (C=O) groups is 1. The molecular weight excluding hydrogens is 306 g/mol. The first-order valence-corrected chi connectivity index (χ1v) is 8.08. The van der Waals surface area contributed by atoms with Crippen LogP contribution in [0.5, 0.6) is 0 Å². The fourth-order valence-electron chi connectivity index (χ4n) is 2.85. The molecule has 0 aliphatic carbocycles. The van der Waals surface area contributed by atoms with Gasteiger partial charge in [-0.25, -0.2) is 4.79 Å². The van der Waals surface area contributed by atoms with Gasteiger partial charge < -0.3 is 9.80 Å². The second kappa shape index (κ2) is 6.96. The van der Waals surface area contributed by atoms with Crippen molar-refractivity contribution >= 4 is 11.8 Å². The Balaban J connectivity index is 1.60. The minimum Gasteiger partial charge on any atom is -0.324 e. The van der Waals surface area contributed by atoms with Crippen LogP contribution < -0.4 is 5.32 Å². The summed E-state index contributed by atoms with van der Waals surface area (Å²) in [5, 5.41) is 15.2. The van der Waals surface area contributed by atoms with Gasteiger partial charge in [-0.3, -0.25) is 10.00 Å². The molecule has 0 unspecified atom stereocenters. The first kappa shape index (κ1) is 16.4. The van der Waals surface area contributed by atoms with Crippen molar-refractivity contribution < 1.29 is 4.79 Å². The smallest absolute Gasteiger partial charge is 0.323 e. The zero-order chi connectivity index (χ0) is 17.1. The van der Waals surface area contributed by atoms with E-state index in [0.717, 1.165) is 37.2 Å². The summed E-state index contributed by atoms with van der Waals surface area (Å²) in [6.07, 6.45) is 5.59. The number of nitrogens with one attached hydrogen (secondary N) is 1. The van der Waals surface area contributed by atoms with Gasteiger partial charge in [-0.05, 0) is 45.1 Å². The lowest BCUT2D eigenvalue weighted by Crippen LogP contribution is -2.46. The summed E-state index contributed by atoms with van der Waals surface area (Å²) in [5.41, 5.74) is 1.62. The molecule has 0 saturated carbocycles. The lowest BCUT2D eigenvalue weighted by atomic mass is 10.0. The topological polar surface area (TPSA) is 79.2 Å². The van der Waals surface area contributed by atoms with Gasteiger partial charge in [-0.2, -0.15) is 5.10 Å². The minimum absolute atomic E-state index is 0.145. The van der Waals surface area contributed by atoms with Crippen LogP contribution in [0.4, 0.5) is 10.6 Å². The third-order valence-corrected chi connectivity index (χ3v) is 4.46. The van der Waals surface area contributed by atoms with Crippen LogP contribution in [0, 0.1) is 0 Å². The highest BCUT2D eigenvalue weighted by molar-refractivity contribution is 5.88. The van der Waals surface area contributed by atoms with Gasteiger partial charge in [0.2, 0.25) is 0 Å². The van der Waals surface area contributed by atoms with Gasteiger partial charge >= 0.3 is 6.03 Å². The van der Waals surface area contributed by atoms with E-state index >= 15 is 0 Å². The number of nitrogens with zero attached hydrogens (tertiary/aromatic N) is 6. The van der Waals surface area contributed by atoms with E-state index in [0.29, 0.717) is 5.82 Å². The number of hydrogen-bond donors (Lipinski definition) is 1. The SMILES string of the molecule is CN1CCC(N(C)C(=O)Nc2ccc(-c3cnn(C)c3)nn2)CC1. The zero-order valence-electron chi connectivity index (χ0n) is 14.3. The molecule has 1 N–H and O–H groups in total. The number of rotatable bonds is 3. The fraction of sp³-hybridized carbons (Fsp3) is 0.500. The predicted molar refractivity (Wildman–Crippen MR) is 91.5 cm³/mol. The number of hydrogen-bond acceptors (Lipinski definition) is 5. The summed E-state index contributed by atoms with van der Waals surface area (Å²) >= 11 is 0. The van der Waals surface area contributed by atoms with Crippen molar-refractivity contribution in [3.8, 4) is 11.3 Å². The predicted octanol–water partition coefficient (Wildman–Crippen LogP) is 1.43. The van der Waals surface area contributed by atoms with Crippen molar-refractivity contribution in [1.29, 1.82) is 0 Å². The number of aromatic nitrogens is 4. The van der Waals surface area contributed by atoms with Gasteiger partial charge in [0.1, 0.15) is 0 Å². The van der Waals surface area contributed by atoms with Crippen LogP contribution in [0.25, 0.3) is 11.3 Å². The van der Waals surface area contributed by atoms with Gasteiger partial charge in [-0.1, -0.05) is 0 Å². The fourth-order valence-corrected chi connectivity index (χ4v) is 2.85. The Morgan fingerprint density at radius 1 is 1.25 bits per heavy atom. The molecule has 1 saturated heterocycles. The van der Waals surface area contributed by atoms with Crippen LogP contribution in [-0.4, -0.2) is 69.0 Å². The van der Waals surface area contributed by atoms with Crippen molar-refractivity contribution in [2.75, 3.05) is 32.5 Å². The molecule has 2 aromatic heterocycles. The molecule has 8 nitrogen and oxygen atoms in total. The van der Waals surface area contributed by atoms with Crippen molar-refractivity contribution in [1.82, 2.24) is 29.8 Å². The van der Waals surface area contributed by atoms with Crippen LogP contribution in [0.2, 0.25) is 0 Å². The number of amides is 2. The summed E-state index contributed by atoms with van der Waals surface area (Å²) in [7, 11) is 5.79. The molecule has 8 heteroatoms. The number of carbonyl (C=O) groups excluding carboxylic acids is 1. The Labute approximate surface area is 141 Å². The van der Waals surface area contributed by atoms with E-state index in [1.807, 2.05) is 26.4 Å². The Morgan fingerprint density at radius 2 is 2.00 bits per heavy atom. The third-order valence-electron chi connectivity index (χ3n) is 4.46. The molecule has 0 bridgehead atoms. The van der Waals surface area contributed by atoms with Crippen molar-refractivity contribution in [2.45, 2.75) is 18.9 Å². The summed E-state index contributed by atoms with van der Waals surface area (Å²) in [6, 6.07) is 3.71. The summed E-state index contributed by atoms with van der Waals surface area (Å²) in [6.45, 7) is 2.03. The van der Waals surface area contributed by atoms with Crippen LogP contribution in [0.3, 0.4) is 0 Å². The number of likely N-dealkylation sites (tertiary alicyclic amines) is 1. The lowest BCUT2D eigenvalue weighted by Gasteiger charge is -2.34. The number of urea groups is 1. The highest BCUT2D eigenvalue weighted by Crippen LogP contribution is 2.17. The van der Waals surface area contributed by atoms with Gasteiger partial charge in [0, 0.05) is 31.9 Å². The summed E-state index contributed by atoms with van der Waals surface area (Å²) in [5.74, 6) is 0.451. The molecule has 2 amide bonds. The highest BCUT2D eigenvalue weighted by atomic mass is 16.2. The molecule has 3 rings (SSSR count). The molecule has 1 fully saturated rings. The highest BCUT2D eigenvalue weighted by Gasteiger charge is 2.24. The Hall–Kier alpha value is -2.48. The van der Waals surface area contributed by atoms with E-state index in [4.69, 9.17) is 0 Å². The first-order valence-electron chi connectivity index (χ1n) is 8.08. The van der Waals surface area contributed by atoms with E-state index in [-0.39, 0.29) is 12.1 Å². The summed E-state index contributed by atoms with van der Waals surface area (Å²) < 4.78 is 1.71. The van der Waals surface area contributed by atoms with E-state index in [1.165, 1.54) is 0 Å². The number of aryl methyl sites for hydroxylation is 1. The summed E-state index contributed by atoms with van der Waals surface area (Å²) in [4.78, 5) is 16.4. The Kier molecular flexibility index (Phi) is 4.75. The minimum atomic E-state index is -0.145.